The van der Waals surface area contributed by atoms with E-state index in [1.807, 2.05) is 6.07 Å². The first-order valence-electron chi connectivity index (χ1n) is 12.7. The van der Waals surface area contributed by atoms with Crippen molar-refractivity contribution < 1.29 is 4.39 Å². The molecule has 0 spiro atoms. The van der Waals surface area contributed by atoms with Crippen LogP contribution in [0.5, 0.6) is 0 Å². The molecule has 3 heterocycles. The van der Waals surface area contributed by atoms with Crippen LogP contribution in [0.1, 0.15) is 29.9 Å². The topological polar surface area (TPSA) is 28.5 Å². The lowest BCUT2D eigenvalue weighted by molar-refractivity contribution is 0.0423. The molecule has 0 bridgehead atoms. The summed E-state index contributed by atoms with van der Waals surface area (Å²) in [5.41, 5.74) is 2.99. The average Bonchev–Trinajstić information content (AvgIpc) is 2.80. The van der Waals surface area contributed by atoms with Crippen molar-refractivity contribution in [3.05, 3.63) is 97.0 Å². The van der Waals surface area contributed by atoms with E-state index in [0.29, 0.717) is 38.6 Å². The molecule has 1 aromatic heterocycles. The van der Waals surface area contributed by atoms with E-state index in [4.69, 9.17) is 34.8 Å². The summed E-state index contributed by atoms with van der Waals surface area (Å²) in [5, 5.41) is 2.11. The number of fused-ring (bicyclic) bond motifs is 1. The Labute approximate surface area is 230 Å². The highest BCUT2D eigenvalue weighted by Crippen LogP contribution is 2.41. The van der Waals surface area contributed by atoms with Crippen LogP contribution in [0.4, 0.5) is 4.39 Å². The van der Waals surface area contributed by atoms with E-state index in [1.54, 1.807) is 28.8 Å². The van der Waals surface area contributed by atoms with Gasteiger partial charge in [-0.15, -0.1) is 0 Å². The second-order valence-corrected chi connectivity index (χ2v) is 11.6. The predicted molar refractivity (Wildman–Crippen MR) is 150 cm³/mol. The van der Waals surface area contributed by atoms with Gasteiger partial charge in [-0.3, -0.25) is 14.3 Å². The molecule has 192 valence electrons. The summed E-state index contributed by atoms with van der Waals surface area (Å²) in [6, 6.07) is 12.8. The molecule has 2 saturated heterocycles. The molecule has 0 amide bonds. The van der Waals surface area contributed by atoms with Crippen LogP contribution >= 0.6 is 34.8 Å². The van der Waals surface area contributed by atoms with Crippen LogP contribution in [0.25, 0.3) is 16.6 Å². The molecule has 0 saturated carbocycles. The Morgan fingerprint density at radius 2 is 1.73 bits per heavy atom. The standard InChI is InChI=1S/C29H27Cl3FN3O/c30-24-3-1-4-25(31)29(24)36-27-12-18(14-35-16-19(17-35)15-34-9-2-10-34)11-23(22(27)7-8-28(36)37)21-6-5-20(33)13-26(21)32/h1,3-5,7-8,11-13,19,21H,2,6,9-10,14-17H2. The Bertz CT molecular complexity index is 1470. The summed E-state index contributed by atoms with van der Waals surface area (Å²) in [4.78, 5) is 18.2. The molecule has 1 unspecified atom stereocenters. The predicted octanol–water partition coefficient (Wildman–Crippen LogP) is 6.90. The van der Waals surface area contributed by atoms with Crippen molar-refractivity contribution in [2.75, 3.05) is 32.7 Å². The van der Waals surface area contributed by atoms with Crippen LogP contribution in [0.2, 0.25) is 10.0 Å². The maximum Gasteiger partial charge on any atom is 0.255 e. The van der Waals surface area contributed by atoms with Gasteiger partial charge < -0.3 is 4.90 Å². The van der Waals surface area contributed by atoms with Crippen molar-refractivity contribution in [1.82, 2.24) is 14.4 Å². The van der Waals surface area contributed by atoms with Crippen LogP contribution in [0.3, 0.4) is 0 Å². The maximum atomic E-state index is 13.9. The van der Waals surface area contributed by atoms with E-state index in [0.717, 1.165) is 36.1 Å². The molecule has 2 aromatic carbocycles. The van der Waals surface area contributed by atoms with Crippen LogP contribution < -0.4 is 5.56 Å². The Morgan fingerprint density at radius 3 is 2.41 bits per heavy atom. The zero-order valence-electron chi connectivity index (χ0n) is 20.3. The van der Waals surface area contributed by atoms with Crippen LogP contribution in [0, 0.1) is 5.92 Å². The third-order valence-corrected chi connectivity index (χ3v) is 8.68. The number of allylic oxidation sites excluding steroid dienone is 4. The van der Waals surface area contributed by atoms with Crippen molar-refractivity contribution >= 4 is 45.7 Å². The van der Waals surface area contributed by atoms with Crippen molar-refractivity contribution in [2.24, 2.45) is 5.92 Å². The largest absolute Gasteiger partial charge is 0.303 e. The highest BCUT2D eigenvalue weighted by molar-refractivity contribution is 6.37. The molecule has 1 atom stereocenters. The number of halogens is 4. The van der Waals surface area contributed by atoms with Crippen LogP contribution in [-0.4, -0.2) is 47.1 Å². The van der Waals surface area contributed by atoms with Gasteiger partial charge in [-0.1, -0.05) is 46.9 Å². The second kappa shape index (κ2) is 10.2. The molecular weight excluding hydrogens is 532 g/mol. The number of rotatable bonds is 6. The molecular formula is C29H27Cl3FN3O. The quantitative estimate of drug-likeness (QED) is 0.330. The van der Waals surface area contributed by atoms with Gasteiger partial charge in [0.15, 0.2) is 0 Å². The first kappa shape index (κ1) is 25.1. The Kier molecular flexibility index (Phi) is 6.93. The molecule has 6 rings (SSSR count). The Balaban J connectivity index is 1.44. The molecule has 2 fully saturated rings. The van der Waals surface area contributed by atoms with Gasteiger partial charge in [0.05, 0.1) is 21.2 Å². The number of nitrogens with zero attached hydrogens (tertiary/aromatic N) is 3. The van der Waals surface area contributed by atoms with Crippen molar-refractivity contribution in [3.63, 3.8) is 0 Å². The lowest BCUT2D eigenvalue weighted by Crippen LogP contribution is -2.53. The normalized spacial score (nSPS) is 20.9. The van der Waals surface area contributed by atoms with E-state index in [2.05, 4.69) is 21.9 Å². The van der Waals surface area contributed by atoms with Gasteiger partial charge in [0, 0.05) is 48.6 Å². The van der Waals surface area contributed by atoms with Crippen molar-refractivity contribution in [3.8, 4) is 5.69 Å². The van der Waals surface area contributed by atoms with E-state index in [1.165, 1.54) is 38.2 Å². The minimum absolute atomic E-state index is 0.202. The van der Waals surface area contributed by atoms with Gasteiger partial charge in [0.1, 0.15) is 5.83 Å². The van der Waals surface area contributed by atoms with Crippen molar-refractivity contribution in [2.45, 2.75) is 25.3 Å². The van der Waals surface area contributed by atoms with E-state index in [9.17, 15) is 9.18 Å². The van der Waals surface area contributed by atoms with Gasteiger partial charge in [0.2, 0.25) is 0 Å². The summed E-state index contributed by atoms with van der Waals surface area (Å²) in [6.45, 7) is 6.48. The summed E-state index contributed by atoms with van der Waals surface area (Å²) in [5.74, 6) is 0.173. The minimum Gasteiger partial charge on any atom is -0.303 e. The number of benzene rings is 2. The third kappa shape index (κ3) is 4.88. The van der Waals surface area contributed by atoms with Crippen LogP contribution in [-0.2, 0) is 6.54 Å². The average molecular weight is 559 g/mol. The summed E-state index contributed by atoms with van der Waals surface area (Å²) in [7, 11) is 0. The maximum absolute atomic E-state index is 13.9. The fourth-order valence-corrected chi connectivity index (χ4v) is 6.64. The van der Waals surface area contributed by atoms with Gasteiger partial charge in [0.25, 0.3) is 5.56 Å². The minimum atomic E-state index is -0.324. The van der Waals surface area contributed by atoms with Gasteiger partial charge in [-0.2, -0.15) is 0 Å². The van der Waals surface area contributed by atoms with Gasteiger partial charge >= 0.3 is 0 Å². The summed E-state index contributed by atoms with van der Waals surface area (Å²) >= 11 is 19.7. The Morgan fingerprint density at radius 1 is 0.973 bits per heavy atom. The molecule has 3 aliphatic rings. The van der Waals surface area contributed by atoms with E-state index in [-0.39, 0.29) is 17.3 Å². The first-order chi connectivity index (χ1) is 17.9. The monoisotopic (exact) mass is 557 g/mol. The second-order valence-electron chi connectivity index (χ2n) is 10.3. The molecule has 4 nitrogen and oxygen atoms in total. The molecule has 0 N–H and O–H groups in total. The summed E-state index contributed by atoms with van der Waals surface area (Å²) in [6.07, 6.45) is 4.70. The molecule has 2 aliphatic heterocycles. The lowest BCUT2D eigenvalue weighted by atomic mass is 9.87. The molecule has 3 aromatic rings. The smallest absolute Gasteiger partial charge is 0.255 e. The Hall–Kier alpha value is -2.15. The highest BCUT2D eigenvalue weighted by atomic mass is 35.5. The third-order valence-electron chi connectivity index (χ3n) is 7.70. The summed E-state index contributed by atoms with van der Waals surface area (Å²) < 4.78 is 15.5. The van der Waals surface area contributed by atoms with Crippen LogP contribution in [0.15, 0.2) is 70.3 Å². The van der Waals surface area contributed by atoms with Gasteiger partial charge in [-0.05, 0) is 79.4 Å². The number of pyridine rings is 1. The zero-order valence-corrected chi connectivity index (χ0v) is 22.5. The number of hydrogen-bond donors (Lipinski definition) is 0. The fourth-order valence-electron chi connectivity index (χ4n) is 5.77. The number of likely N-dealkylation sites (tertiary alicyclic amines) is 2. The highest BCUT2D eigenvalue weighted by Gasteiger charge is 2.30. The fraction of sp³-hybridized carbons (Fsp3) is 0.345. The van der Waals surface area contributed by atoms with Gasteiger partial charge in [-0.25, -0.2) is 4.39 Å². The number of para-hydroxylation sites is 1. The molecule has 0 radical (unpaired) electrons. The molecule has 1 aliphatic carbocycles. The molecule has 37 heavy (non-hydrogen) atoms. The lowest BCUT2D eigenvalue weighted by Gasteiger charge is -2.44. The SMILES string of the molecule is O=c1ccc2c(C3CC=C(F)C=C3Cl)cc(CN3CC(CN4CCC4)C3)cc2n1-c1c(Cl)cccc1Cl. The van der Waals surface area contributed by atoms with E-state index >= 15 is 0 Å². The zero-order chi connectivity index (χ0) is 25.7. The molecule has 8 heteroatoms. The number of aromatic nitrogens is 1. The first-order valence-corrected chi connectivity index (χ1v) is 13.8. The van der Waals surface area contributed by atoms with E-state index < -0.39 is 0 Å². The number of hydrogen-bond acceptors (Lipinski definition) is 3. The van der Waals surface area contributed by atoms with Crippen molar-refractivity contribution in [1.29, 1.82) is 0 Å².